The van der Waals surface area contributed by atoms with E-state index in [-0.39, 0.29) is 5.56 Å². The highest BCUT2D eigenvalue weighted by Crippen LogP contribution is 2.39. The first-order valence-corrected chi connectivity index (χ1v) is 11.1. The number of aromatic amines is 1. The molecular formula is C22H21N3O4S. The number of aryl methyl sites for hydroxylation is 1. The van der Waals surface area contributed by atoms with E-state index in [1.165, 1.54) is 15.9 Å². The van der Waals surface area contributed by atoms with Gasteiger partial charge in [-0.25, -0.2) is 8.42 Å². The second kappa shape index (κ2) is 7.38. The van der Waals surface area contributed by atoms with Crippen LogP contribution in [0.25, 0.3) is 22.0 Å². The van der Waals surface area contributed by atoms with E-state index in [4.69, 9.17) is 4.74 Å². The van der Waals surface area contributed by atoms with Gasteiger partial charge in [0, 0.05) is 43.0 Å². The van der Waals surface area contributed by atoms with Crippen LogP contribution < -0.4 is 14.6 Å². The van der Waals surface area contributed by atoms with Gasteiger partial charge in [-0.2, -0.15) is 0 Å². The van der Waals surface area contributed by atoms with E-state index in [1.807, 2.05) is 36.4 Å². The number of anilines is 1. The predicted molar refractivity (Wildman–Crippen MR) is 119 cm³/mol. The molecular weight excluding hydrogens is 402 g/mol. The van der Waals surface area contributed by atoms with Gasteiger partial charge < -0.3 is 14.3 Å². The van der Waals surface area contributed by atoms with E-state index in [0.29, 0.717) is 28.3 Å². The Balaban J connectivity index is 1.97. The van der Waals surface area contributed by atoms with Gasteiger partial charge in [0.15, 0.2) is 0 Å². The van der Waals surface area contributed by atoms with Gasteiger partial charge in [0.2, 0.25) is 10.0 Å². The highest BCUT2D eigenvalue weighted by Gasteiger charge is 2.19. The molecule has 2 aromatic carbocycles. The molecule has 7 nitrogen and oxygen atoms in total. The van der Waals surface area contributed by atoms with E-state index in [9.17, 15) is 13.2 Å². The third-order valence-electron chi connectivity index (χ3n) is 4.98. The van der Waals surface area contributed by atoms with Gasteiger partial charge in [0.05, 0.1) is 11.9 Å². The fourth-order valence-corrected chi connectivity index (χ4v) is 3.80. The maximum atomic E-state index is 12.5. The summed E-state index contributed by atoms with van der Waals surface area (Å²) in [4.78, 5) is 15.5. The van der Waals surface area contributed by atoms with Crippen LogP contribution in [-0.4, -0.2) is 31.3 Å². The molecule has 8 heteroatoms. The molecule has 0 saturated heterocycles. The number of aromatic nitrogens is 2. The predicted octanol–water partition coefficient (Wildman–Crippen LogP) is 3.72. The summed E-state index contributed by atoms with van der Waals surface area (Å²) in [6, 6.07) is 16.3. The Kier molecular flexibility index (Phi) is 4.87. The number of hydrogen-bond donors (Lipinski definition) is 1. The summed E-state index contributed by atoms with van der Waals surface area (Å²) in [5, 5.41) is 0.732. The Morgan fingerprint density at radius 1 is 1.03 bits per heavy atom. The second-order valence-electron chi connectivity index (χ2n) is 7.05. The summed E-state index contributed by atoms with van der Waals surface area (Å²) in [7, 11) is -0.266. The maximum Gasteiger partial charge on any atom is 0.274 e. The van der Waals surface area contributed by atoms with Crippen LogP contribution in [0.4, 0.5) is 5.69 Å². The number of hydrogen-bond acceptors (Lipinski definition) is 4. The van der Waals surface area contributed by atoms with Crippen molar-refractivity contribution in [3.63, 3.8) is 0 Å². The van der Waals surface area contributed by atoms with Crippen LogP contribution in [0.2, 0.25) is 0 Å². The smallest absolute Gasteiger partial charge is 0.274 e. The Hall–Kier alpha value is -3.52. The van der Waals surface area contributed by atoms with Crippen molar-refractivity contribution >= 4 is 26.6 Å². The third-order valence-corrected chi connectivity index (χ3v) is 6.19. The van der Waals surface area contributed by atoms with Crippen LogP contribution in [0, 0.1) is 0 Å². The van der Waals surface area contributed by atoms with Gasteiger partial charge in [0.25, 0.3) is 5.56 Å². The molecule has 0 bridgehead atoms. The summed E-state index contributed by atoms with van der Waals surface area (Å²) >= 11 is 0. The molecule has 0 saturated carbocycles. The topological polar surface area (TPSA) is 84.4 Å². The number of rotatable bonds is 5. The average molecular weight is 423 g/mol. The van der Waals surface area contributed by atoms with E-state index in [0.717, 1.165) is 17.2 Å². The quantitative estimate of drug-likeness (QED) is 0.530. The number of benzene rings is 2. The van der Waals surface area contributed by atoms with Crippen LogP contribution in [0.5, 0.6) is 11.5 Å². The van der Waals surface area contributed by atoms with Crippen molar-refractivity contribution in [1.82, 2.24) is 9.55 Å². The van der Waals surface area contributed by atoms with Gasteiger partial charge in [-0.1, -0.05) is 18.2 Å². The first kappa shape index (κ1) is 19.8. The molecule has 0 unspecified atom stereocenters. The van der Waals surface area contributed by atoms with Crippen LogP contribution in [0.15, 0.2) is 71.8 Å². The first-order chi connectivity index (χ1) is 14.3. The zero-order chi connectivity index (χ0) is 21.5. The average Bonchev–Trinajstić information content (AvgIpc) is 3.21. The molecule has 0 aliphatic heterocycles. The van der Waals surface area contributed by atoms with Crippen LogP contribution in [0.1, 0.15) is 0 Å². The lowest BCUT2D eigenvalue weighted by molar-refractivity contribution is 0.484. The summed E-state index contributed by atoms with van der Waals surface area (Å²) in [6.45, 7) is 0. The minimum Gasteiger partial charge on any atom is -0.457 e. The molecule has 0 aliphatic carbocycles. The number of nitrogens with zero attached hydrogens (tertiary/aromatic N) is 2. The number of para-hydroxylation sites is 1. The summed E-state index contributed by atoms with van der Waals surface area (Å²) in [6.07, 6.45) is 4.59. The minimum absolute atomic E-state index is 0.145. The molecule has 2 heterocycles. The van der Waals surface area contributed by atoms with Gasteiger partial charge in [-0.05, 0) is 36.4 Å². The maximum absolute atomic E-state index is 12.5. The van der Waals surface area contributed by atoms with Crippen molar-refractivity contribution in [2.45, 2.75) is 0 Å². The third kappa shape index (κ3) is 3.57. The molecule has 4 aromatic rings. The van der Waals surface area contributed by atoms with Crippen molar-refractivity contribution in [3.8, 4) is 22.6 Å². The lowest BCUT2D eigenvalue weighted by Crippen LogP contribution is -2.24. The Morgan fingerprint density at radius 2 is 1.77 bits per heavy atom. The number of nitrogens with one attached hydrogen (secondary N) is 1. The van der Waals surface area contributed by atoms with E-state index >= 15 is 0 Å². The van der Waals surface area contributed by atoms with E-state index in [1.54, 1.807) is 37.6 Å². The van der Waals surface area contributed by atoms with Gasteiger partial charge >= 0.3 is 0 Å². The minimum atomic E-state index is -3.44. The number of H-pyrrole nitrogens is 1. The molecule has 2 aromatic heterocycles. The molecule has 0 aliphatic rings. The zero-order valence-corrected chi connectivity index (χ0v) is 17.6. The fourth-order valence-electron chi connectivity index (χ4n) is 3.30. The standard InChI is InChI=1S/C22H21N3O4S/c1-24-14-19(17-11-12-23-21(17)22(24)26)18-13-15(25(2)30(3,27)28)9-10-20(18)29-16-7-5-4-6-8-16/h4-14,23H,1-3H3. The molecule has 0 radical (unpaired) electrons. The van der Waals surface area contributed by atoms with Crippen molar-refractivity contribution in [3.05, 3.63) is 77.3 Å². The molecule has 1 N–H and O–H groups in total. The number of fused-ring (bicyclic) bond motifs is 1. The van der Waals surface area contributed by atoms with Crippen molar-refractivity contribution in [2.24, 2.45) is 7.05 Å². The fraction of sp³-hybridized carbons (Fsp3) is 0.136. The highest BCUT2D eigenvalue weighted by atomic mass is 32.2. The lowest BCUT2D eigenvalue weighted by Gasteiger charge is -2.20. The SMILES string of the molecule is CN(c1ccc(Oc2ccccc2)c(-c2cn(C)c(=O)c3[nH]ccc23)c1)S(C)(=O)=O. The van der Waals surface area contributed by atoms with Crippen molar-refractivity contribution in [1.29, 1.82) is 0 Å². The van der Waals surface area contributed by atoms with Gasteiger partial charge in [0.1, 0.15) is 17.0 Å². The second-order valence-corrected chi connectivity index (χ2v) is 9.07. The Labute approximate surface area is 174 Å². The van der Waals surface area contributed by atoms with Crippen LogP contribution in [-0.2, 0) is 17.1 Å². The zero-order valence-electron chi connectivity index (χ0n) is 16.8. The first-order valence-electron chi connectivity index (χ1n) is 9.23. The molecule has 0 spiro atoms. The molecule has 154 valence electrons. The molecule has 30 heavy (non-hydrogen) atoms. The lowest BCUT2D eigenvalue weighted by atomic mass is 10.0. The van der Waals surface area contributed by atoms with Crippen molar-refractivity contribution < 1.29 is 13.2 Å². The van der Waals surface area contributed by atoms with Gasteiger partial charge in [-0.3, -0.25) is 9.10 Å². The molecule has 0 amide bonds. The van der Waals surface area contributed by atoms with Crippen molar-refractivity contribution in [2.75, 3.05) is 17.6 Å². The molecule has 0 fully saturated rings. The highest BCUT2D eigenvalue weighted by molar-refractivity contribution is 7.92. The monoisotopic (exact) mass is 423 g/mol. The van der Waals surface area contributed by atoms with Crippen LogP contribution in [0.3, 0.4) is 0 Å². The largest absolute Gasteiger partial charge is 0.457 e. The Morgan fingerprint density at radius 3 is 2.47 bits per heavy atom. The van der Waals surface area contributed by atoms with E-state index < -0.39 is 10.0 Å². The van der Waals surface area contributed by atoms with Crippen LogP contribution >= 0.6 is 0 Å². The number of ether oxygens (including phenoxy) is 1. The summed E-state index contributed by atoms with van der Waals surface area (Å²) in [5.74, 6) is 1.20. The Bertz CT molecular complexity index is 1390. The number of pyridine rings is 1. The normalized spacial score (nSPS) is 11.6. The summed E-state index contributed by atoms with van der Waals surface area (Å²) in [5.41, 5.74) is 2.25. The number of sulfonamides is 1. The van der Waals surface area contributed by atoms with Gasteiger partial charge in [-0.15, -0.1) is 0 Å². The summed E-state index contributed by atoms with van der Waals surface area (Å²) < 4.78 is 33.0. The van der Waals surface area contributed by atoms with E-state index in [2.05, 4.69) is 4.98 Å². The molecule has 4 rings (SSSR count). The molecule has 0 atom stereocenters.